The molecule has 1 amide bonds. The van der Waals surface area contributed by atoms with E-state index in [1.54, 1.807) is 41.7 Å². The van der Waals surface area contributed by atoms with Gasteiger partial charge in [-0.05, 0) is 46.7 Å². The molecule has 0 atom stereocenters. The highest BCUT2D eigenvalue weighted by Crippen LogP contribution is 2.17. The van der Waals surface area contributed by atoms with Gasteiger partial charge < -0.3 is 10.2 Å². The lowest BCUT2D eigenvalue weighted by atomic mass is 10.1. The number of hydrogen-bond donors (Lipinski definition) is 1. The topological polar surface area (TPSA) is 58.1 Å². The van der Waals surface area contributed by atoms with Crippen molar-refractivity contribution >= 4 is 28.9 Å². The Morgan fingerprint density at radius 3 is 2.78 bits per heavy atom. The van der Waals surface area contributed by atoms with Crippen LogP contribution in [0.1, 0.15) is 15.9 Å². The number of aromatic nitrogens is 2. The molecule has 0 unspecified atom stereocenters. The van der Waals surface area contributed by atoms with E-state index in [1.165, 1.54) is 0 Å². The van der Waals surface area contributed by atoms with E-state index < -0.39 is 0 Å². The van der Waals surface area contributed by atoms with Crippen LogP contribution in [0, 0.1) is 0 Å². The zero-order valence-electron chi connectivity index (χ0n) is 12.6. The SMILES string of the molecule is CN(Cc1ccsc1)C(=O)c1cccc(Nc2ncccn2)c1. The predicted octanol–water partition coefficient (Wildman–Crippen LogP) is 3.55. The first-order valence-electron chi connectivity index (χ1n) is 7.13. The quantitative estimate of drug-likeness (QED) is 0.780. The van der Waals surface area contributed by atoms with E-state index in [2.05, 4.69) is 20.7 Å². The highest BCUT2D eigenvalue weighted by molar-refractivity contribution is 7.07. The number of rotatable bonds is 5. The van der Waals surface area contributed by atoms with Crippen LogP contribution in [-0.4, -0.2) is 27.8 Å². The lowest BCUT2D eigenvalue weighted by Crippen LogP contribution is -2.26. The number of hydrogen-bond acceptors (Lipinski definition) is 5. The Hall–Kier alpha value is -2.73. The molecule has 0 aliphatic heterocycles. The molecule has 1 aromatic carbocycles. The van der Waals surface area contributed by atoms with Crippen LogP contribution in [0.5, 0.6) is 0 Å². The van der Waals surface area contributed by atoms with Gasteiger partial charge in [-0.2, -0.15) is 11.3 Å². The molecule has 3 rings (SSSR count). The molecule has 5 nitrogen and oxygen atoms in total. The van der Waals surface area contributed by atoms with Gasteiger partial charge in [-0.3, -0.25) is 4.79 Å². The standard InChI is InChI=1S/C17H16N4OS/c1-21(11-13-6-9-23-12-13)16(22)14-4-2-5-15(10-14)20-17-18-7-3-8-19-17/h2-10,12H,11H2,1H3,(H,18,19,20). The Balaban J connectivity index is 1.72. The highest BCUT2D eigenvalue weighted by atomic mass is 32.1. The molecular formula is C17H16N4OS. The number of nitrogens with zero attached hydrogens (tertiary/aromatic N) is 3. The molecule has 0 bridgehead atoms. The fraction of sp³-hybridized carbons (Fsp3) is 0.118. The zero-order valence-corrected chi connectivity index (χ0v) is 13.5. The third-order valence-corrected chi connectivity index (χ3v) is 4.01. The monoisotopic (exact) mass is 324 g/mol. The first kappa shape index (κ1) is 15.2. The van der Waals surface area contributed by atoms with Crippen LogP contribution in [-0.2, 0) is 6.54 Å². The lowest BCUT2D eigenvalue weighted by molar-refractivity contribution is 0.0785. The van der Waals surface area contributed by atoms with Gasteiger partial charge in [0.25, 0.3) is 5.91 Å². The minimum atomic E-state index is -0.0196. The summed E-state index contributed by atoms with van der Waals surface area (Å²) in [6.07, 6.45) is 3.33. The molecule has 23 heavy (non-hydrogen) atoms. The number of carbonyl (C=O) groups excluding carboxylic acids is 1. The van der Waals surface area contributed by atoms with Crippen molar-refractivity contribution in [3.63, 3.8) is 0 Å². The molecule has 2 aromatic heterocycles. The fourth-order valence-corrected chi connectivity index (χ4v) is 2.83. The molecule has 0 fully saturated rings. The summed E-state index contributed by atoms with van der Waals surface area (Å²) in [5.74, 6) is 0.484. The van der Waals surface area contributed by atoms with Crippen LogP contribution in [0.3, 0.4) is 0 Å². The molecule has 0 radical (unpaired) electrons. The summed E-state index contributed by atoms with van der Waals surface area (Å²) < 4.78 is 0. The van der Waals surface area contributed by atoms with Crippen LogP contribution in [0.15, 0.2) is 59.6 Å². The van der Waals surface area contributed by atoms with Crippen molar-refractivity contribution in [1.29, 1.82) is 0 Å². The zero-order chi connectivity index (χ0) is 16.1. The summed E-state index contributed by atoms with van der Waals surface area (Å²) in [6.45, 7) is 0.599. The van der Waals surface area contributed by atoms with E-state index in [-0.39, 0.29) is 5.91 Å². The van der Waals surface area contributed by atoms with Crippen LogP contribution < -0.4 is 5.32 Å². The van der Waals surface area contributed by atoms with Crippen molar-refractivity contribution in [3.8, 4) is 0 Å². The molecule has 116 valence electrons. The van der Waals surface area contributed by atoms with Crippen LogP contribution in [0.2, 0.25) is 0 Å². The first-order chi connectivity index (χ1) is 11.2. The Kier molecular flexibility index (Phi) is 4.63. The van der Waals surface area contributed by atoms with Crippen molar-refractivity contribution < 1.29 is 4.79 Å². The summed E-state index contributed by atoms with van der Waals surface area (Å²) in [5, 5.41) is 7.15. The summed E-state index contributed by atoms with van der Waals surface area (Å²) in [4.78, 5) is 22.5. The van der Waals surface area contributed by atoms with E-state index in [4.69, 9.17) is 0 Å². The van der Waals surface area contributed by atoms with E-state index in [0.717, 1.165) is 11.3 Å². The molecule has 0 saturated carbocycles. The van der Waals surface area contributed by atoms with Crippen molar-refractivity contribution in [1.82, 2.24) is 14.9 Å². The molecule has 0 aliphatic rings. The summed E-state index contributed by atoms with van der Waals surface area (Å²) in [6, 6.07) is 11.1. The van der Waals surface area contributed by atoms with Crippen molar-refractivity contribution in [2.45, 2.75) is 6.54 Å². The third kappa shape index (κ3) is 3.92. The molecule has 0 saturated heterocycles. The summed E-state index contributed by atoms with van der Waals surface area (Å²) >= 11 is 1.63. The third-order valence-electron chi connectivity index (χ3n) is 3.28. The minimum absolute atomic E-state index is 0.0196. The second-order valence-electron chi connectivity index (χ2n) is 5.07. The molecule has 2 heterocycles. The molecule has 0 aliphatic carbocycles. The van der Waals surface area contributed by atoms with Gasteiger partial charge in [0.1, 0.15) is 0 Å². The number of nitrogens with one attached hydrogen (secondary N) is 1. The molecule has 3 aromatic rings. The van der Waals surface area contributed by atoms with Crippen molar-refractivity contribution in [3.05, 3.63) is 70.7 Å². The van der Waals surface area contributed by atoms with Gasteiger partial charge in [-0.25, -0.2) is 9.97 Å². The smallest absolute Gasteiger partial charge is 0.253 e. The second kappa shape index (κ2) is 7.02. The molecular weight excluding hydrogens is 308 g/mol. The fourth-order valence-electron chi connectivity index (χ4n) is 2.17. The molecule has 6 heteroatoms. The maximum atomic E-state index is 12.5. The maximum Gasteiger partial charge on any atom is 0.253 e. The molecule has 1 N–H and O–H groups in total. The van der Waals surface area contributed by atoms with E-state index in [0.29, 0.717) is 18.1 Å². The number of carbonyl (C=O) groups is 1. The summed E-state index contributed by atoms with van der Waals surface area (Å²) in [7, 11) is 1.81. The van der Waals surface area contributed by atoms with Gasteiger partial charge in [0, 0.05) is 37.2 Å². The van der Waals surface area contributed by atoms with Crippen molar-refractivity contribution in [2.24, 2.45) is 0 Å². The average molecular weight is 324 g/mol. The first-order valence-corrected chi connectivity index (χ1v) is 8.07. The van der Waals surface area contributed by atoms with Gasteiger partial charge in [0.05, 0.1) is 0 Å². The van der Waals surface area contributed by atoms with Crippen LogP contribution in [0.4, 0.5) is 11.6 Å². The number of amides is 1. The van der Waals surface area contributed by atoms with Gasteiger partial charge in [0.15, 0.2) is 0 Å². The van der Waals surface area contributed by atoms with E-state index in [1.807, 2.05) is 35.7 Å². The minimum Gasteiger partial charge on any atom is -0.337 e. The van der Waals surface area contributed by atoms with Crippen molar-refractivity contribution in [2.75, 3.05) is 12.4 Å². The maximum absolute atomic E-state index is 12.5. The highest BCUT2D eigenvalue weighted by Gasteiger charge is 2.13. The van der Waals surface area contributed by atoms with Gasteiger partial charge >= 0.3 is 0 Å². The summed E-state index contributed by atoms with van der Waals surface area (Å²) in [5.41, 5.74) is 2.55. The van der Waals surface area contributed by atoms with Gasteiger partial charge in [-0.1, -0.05) is 6.07 Å². The Bertz CT molecular complexity index is 774. The number of benzene rings is 1. The second-order valence-corrected chi connectivity index (χ2v) is 5.85. The Labute approximate surface area is 138 Å². The predicted molar refractivity (Wildman–Crippen MR) is 91.9 cm³/mol. The Morgan fingerprint density at radius 1 is 1.22 bits per heavy atom. The Morgan fingerprint density at radius 2 is 2.04 bits per heavy atom. The molecule has 0 spiro atoms. The number of thiophene rings is 1. The van der Waals surface area contributed by atoms with Crippen LogP contribution >= 0.6 is 11.3 Å². The lowest BCUT2D eigenvalue weighted by Gasteiger charge is -2.17. The van der Waals surface area contributed by atoms with E-state index in [9.17, 15) is 4.79 Å². The van der Waals surface area contributed by atoms with Gasteiger partial charge in [-0.15, -0.1) is 0 Å². The number of anilines is 2. The largest absolute Gasteiger partial charge is 0.337 e. The van der Waals surface area contributed by atoms with Crippen LogP contribution in [0.25, 0.3) is 0 Å². The average Bonchev–Trinajstić information content (AvgIpc) is 3.08. The van der Waals surface area contributed by atoms with E-state index >= 15 is 0 Å². The van der Waals surface area contributed by atoms with Gasteiger partial charge in [0.2, 0.25) is 5.95 Å². The normalized spacial score (nSPS) is 10.3.